The third-order valence-corrected chi connectivity index (χ3v) is 4.91. The molecule has 0 aromatic carbocycles. The summed E-state index contributed by atoms with van der Waals surface area (Å²) in [6, 6.07) is 0. The van der Waals surface area contributed by atoms with Gasteiger partial charge in [0.05, 0.1) is 6.61 Å². The first-order chi connectivity index (χ1) is 14.8. The van der Waals surface area contributed by atoms with Crippen LogP contribution in [0.4, 0.5) is 0 Å². The summed E-state index contributed by atoms with van der Waals surface area (Å²) in [5, 5.41) is 0. The van der Waals surface area contributed by atoms with Crippen LogP contribution >= 0.6 is 0 Å². The first kappa shape index (κ1) is 28.2. The Bertz CT molecular complexity index is 509. The van der Waals surface area contributed by atoms with Gasteiger partial charge in [-0.3, -0.25) is 0 Å². The predicted molar refractivity (Wildman–Crippen MR) is 133 cm³/mol. The van der Waals surface area contributed by atoms with Crippen LogP contribution in [0.15, 0.2) is 60.8 Å². The Kier molecular flexibility index (Phi) is 23.7. The maximum Gasteiger partial charge on any atom is 0.330 e. The molecule has 0 saturated carbocycles. The van der Waals surface area contributed by atoms with Crippen molar-refractivity contribution in [1.82, 2.24) is 0 Å². The van der Waals surface area contributed by atoms with Gasteiger partial charge in [-0.15, -0.1) is 0 Å². The third-order valence-electron chi connectivity index (χ3n) is 4.91. The van der Waals surface area contributed by atoms with Crippen LogP contribution in [0.1, 0.15) is 104 Å². The van der Waals surface area contributed by atoms with E-state index in [0.29, 0.717) is 6.61 Å². The number of ether oxygens (including phenoxy) is 1. The normalized spacial score (nSPS) is 12.5. The van der Waals surface area contributed by atoms with E-state index >= 15 is 0 Å². The molecular weight excluding hydrogens is 368 g/mol. The molecule has 0 atom stereocenters. The molecular formula is C28H46O2. The van der Waals surface area contributed by atoms with E-state index < -0.39 is 0 Å². The zero-order chi connectivity index (χ0) is 22.0. The number of hydrogen-bond acceptors (Lipinski definition) is 2. The Hall–Kier alpha value is -1.83. The molecule has 2 heteroatoms. The molecule has 0 amide bonds. The zero-order valence-electron chi connectivity index (χ0n) is 19.7. The lowest BCUT2D eigenvalue weighted by Crippen LogP contribution is -1.98. The van der Waals surface area contributed by atoms with Crippen molar-refractivity contribution < 1.29 is 9.53 Å². The van der Waals surface area contributed by atoms with Crippen molar-refractivity contribution in [2.24, 2.45) is 0 Å². The van der Waals surface area contributed by atoms with Crippen LogP contribution in [-0.4, -0.2) is 12.6 Å². The lowest BCUT2D eigenvalue weighted by molar-refractivity contribution is -0.137. The van der Waals surface area contributed by atoms with Gasteiger partial charge in [0.1, 0.15) is 0 Å². The van der Waals surface area contributed by atoms with Gasteiger partial charge in [-0.1, -0.05) is 139 Å². The van der Waals surface area contributed by atoms with Crippen molar-refractivity contribution in [3.63, 3.8) is 0 Å². The maximum absolute atomic E-state index is 11.1. The van der Waals surface area contributed by atoms with Gasteiger partial charge in [-0.25, -0.2) is 4.79 Å². The standard InChI is InChI=1S/C28H46O2/c1-3-5-6-7-8-9-10-11-12-13-14-15-16-17-18-19-20-21-22-23-24-25-26-27-28(29)30-4-2/h18-27H,3-17H2,1-2H3. The minimum absolute atomic E-state index is 0.306. The molecule has 0 rings (SSSR count). The topological polar surface area (TPSA) is 26.3 Å². The van der Waals surface area contributed by atoms with E-state index in [2.05, 4.69) is 25.2 Å². The molecule has 0 bridgehead atoms. The van der Waals surface area contributed by atoms with E-state index in [9.17, 15) is 4.79 Å². The second kappa shape index (κ2) is 25.2. The third kappa shape index (κ3) is 24.2. The summed E-state index contributed by atoms with van der Waals surface area (Å²) in [6.45, 7) is 4.49. The monoisotopic (exact) mass is 414 g/mol. The number of rotatable bonds is 20. The molecule has 0 aliphatic rings. The van der Waals surface area contributed by atoms with Crippen molar-refractivity contribution in [3.05, 3.63) is 60.8 Å². The Labute approximate surface area is 186 Å². The highest BCUT2D eigenvalue weighted by Crippen LogP contribution is 2.13. The van der Waals surface area contributed by atoms with E-state index in [-0.39, 0.29) is 5.97 Å². The molecule has 0 N–H and O–H groups in total. The molecule has 0 aromatic rings. The highest BCUT2D eigenvalue weighted by Gasteiger charge is 1.93. The first-order valence-corrected chi connectivity index (χ1v) is 12.3. The van der Waals surface area contributed by atoms with Crippen LogP contribution in [-0.2, 0) is 9.53 Å². The van der Waals surface area contributed by atoms with E-state index in [0.717, 1.165) is 0 Å². The summed E-state index contributed by atoms with van der Waals surface area (Å²) in [5.74, 6) is -0.306. The van der Waals surface area contributed by atoms with Gasteiger partial charge in [0, 0.05) is 6.08 Å². The molecule has 170 valence electrons. The Morgan fingerprint density at radius 2 is 1.00 bits per heavy atom. The van der Waals surface area contributed by atoms with Gasteiger partial charge < -0.3 is 4.74 Å². The van der Waals surface area contributed by atoms with Gasteiger partial charge >= 0.3 is 5.97 Å². The second-order valence-electron chi connectivity index (χ2n) is 7.73. The van der Waals surface area contributed by atoms with Crippen molar-refractivity contribution >= 4 is 5.97 Å². The Morgan fingerprint density at radius 1 is 0.567 bits per heavy atom. The largest absolute Gasteiger partial charge is 0.463 e. The number of unbranched alkanes of at least 4 members (excludes halogenated alkanes) is 13. The number of carbonyl (C=O) groups is 1. The molecule has 0 radical (unpaired) electrons. The summed E-state index contributed by atoms with van der Waals surface area (Å²) >= 11 is 0. The number of esters is 1. The summed E-state index contributed by atoms with van der Waals surface area (Å²) in [4.78, 5) is 11.1. The second-order valence-corrected chi connectivity index (χ2v) is 7.73. The first-order valence-electron chi connectivity index (χ1n) is 12.3. The van der Waals surface area contributed by atoms with Crippen LogP contribution in [0, 0.1) is 0 Å². The molecule has 0 spiro atoms. The van der Waals surface area contributed by atoms with Crippen molar-refractivity contribution in [1.29, 1.82) is 0 Å². The van der Waals surface area contributed by atoms with Gasteiger partial charge in [-0.2, -0.15) is 0 Å². The zero-order valence-corrected chi connectivity index (χ0v) is 19.7. The molecule has 0 aromatic heterocycles. The summed E-state index contributed by atoms with van der Waals surface area (Å²) in [6.07, 6.45) is 38.6. The highest BCUT2D eigenvalue weighted by molar-refractivity contribution is 5.82. The molecule has 2 nitrogen and oxygen atoms in total. The van der Waals surface area contributed by atoms with E-state index in [1.165, 1.54) is 96.0 Å². The average Bonchev–Trinajstić information content (AvgIpc) is 2.74. The average molecular weight is 415 g/mol. The number of hydrogen-bond donors (Lipinski definition) is 0. The fourth-order valence-electron chi connectivity index (χ4n) is 3.16. The van der Waals surface area contributed by atoms with Gasteiger partial charge in [-0.05, 0) is 19.8 Å². The molecule has 0 aliphatic carbocycles. The molecule has 0 heterocycles. The van der Waals surface area contributed by atoms with Crippen LogP contribution < -0.4 is 0 Å². The van der Waals surface area contributed by atoms with Gasteiger partial charge in [0.15, 0.2) is 0 Å². The summed E-state index contributed by atoms with van der Waals surface area (Å²) in [5.41, 5.74) is 0. The molecule has 0 fully saturated rings. The van der Waals surface area contributed by atoms with Gasteiger partial charge in [0.2, 0.25) is 0 Å². The minimum Gasteiger partial charge on any atom is -0.463 e. The predicted octanol–water partition coefficient (Wildman–Crippen LogP) is 8.81. The summed E-state index contributed by atoms with van der Waals surface area (Å²) < 4.78 is 4.80. The van der Waals surface area contributed by atoms with Crippen LogP contribution in [0.2, 0.25) is 0 Å². The van der Waals surface area contributed by atoms with Crippen molar-refractivity contribution in [2.75, 3.05) is 6.61 Å². The van der Waals surface area contributed by atoms with Crippen molar-refractivity contribution in [3.8, 4) is 0 Å². The van der Waals surface area contributed by atoms with E-state index in [1.807, 2.05) is 30.4 Å². The summed E-state index contributed by atoms with van der Waals surface area (Å²) in [7, 11) is 0. The van der Waals surface area contributed by atoms with E-state index in [1.54, 1.807) is 13.0 Å². The van der Waals surface area contributed by atoms with Gasteiger partial charge in [0.25, 0.3) is 0 Å². The SMILES string of the molecule is CCCCCCCCCCCCCCCC=CC=CC=CC=CC=CC(=O)OCC. The molecule has 0 saturated heterocycles. The van der Waals surface area contributed by atoms with Crippen LogP contribution in [0.25, 0.3) is 0 Å². The van der Waals surface area contributed by atoms with E-state index in [4.69, 9.17) is 4.74 Å². The van der Waals surface area contributed by atoms with Crippen molar-refractivity contribution in [2.45, 2.75) is 104 Å². The van der Waals surface area contributed by atoms with Crippen LogP contribution in [0.3, 0.4) is 0 Å². The number of carbonyl (C=O) groups excluding carboxylic acids is 1. The lowest BCUT2D eigenvalue weighted by Gasteiger charge is -2.02. The highest BCUT2D eigenvalue weighted by atomic mass is 16.5. The van der Waals surface area contributed by atoms with Crippen LogP contribution in [0.5, 0.6) is 0 Å². The lowest BCUT2D eigenvalue weighted by atomic mass is 10.0. The maximum atomic E-state index is 11.1. The number of allylic oxidation sites excluding steroid dienone is 9. The Balaban J connectivity index is 3.41. The smallest absolute Gasteiger partial charge is 0.330 e. The fraction of sp³-hybridized carbons (Fsp3) is 0.607. The molecule has 0 aliphatic heterocycles. The molecule has 0 unspecified atom stereocenters. The minimum atomic E-state index is -0.306. The quantitative estimate of drug-likeness (QED) is 0.0860. The molecule has 30 heavy (non-hydrogen) atoms. The Morgan fingerprint density at radius 3 is 1.50 bits per heavy atom. The fourth-order valence-corrected chi connectivity index (χ4v) is 3.16.